The second-order valence-corrected chi connectivity index (χ2v) is 6.73. The molecule has 27 heavy (non-hydrogen) atoms. The molecule has 1 heterocycles. The number of hydrogen-bond acceptors (Lipinski definition) is 3. The van der Waals surface area contributed by atoms with Gasteiger partial charge in [0.25, 0.3) is 5.91 Å². The van der Waals surface area contributed by atoms with Crippen LogP contribution in [0.1, 0.15) is 23.3 Å². The normalized spacial score (nSPS) is 11.7. The van der Waals surface area contributed by atoms with E-state index in [9.17, 15) is 14.0 Å². The molecule has 0 fully saturated rings. The molecule has 3 rings (SSSR count). The summed E-state index contributed by atoms with van der Waals surface area (Å²) in [6, 6.07) is 12.0. The Balaban J connectivity index is 1.71. The zero-order valence-electron chi connectivity index (χ0n) is 14.3. The van der Waals surface area contributed by atoms with Crippen molar-refractivity contribution in [1.29, 1.82) is 0 Å². The number of benzene rings is 2. The van der Waals surface area contributed by atoms with Crippen LogP contribution in [0.4, 0.5) is 15.8 Å². The fourth-order valence-corrected chi connectivity index (χ4v) is 2.78. The monoisotopic (exact) mass is 430 g/mol. The van der Waals surface area contributed by atoms with Crippen molar-refractivity contribution in [2.24, 2.45) is 0 Å². The number of nitrogens with one attached hydrogen (secondary N) is 2. The van der Waals surface area contributed by atoms with Crippen LogP contribution < -0.4 is 10.6 Å². The summed E-state index contributed by atoms with van der Waals surface area (Å²) in [4.78, 5) is 24.6. The van der Waals surface area contributed by atoms with Crippen LogP contribution >= 0.6 is 15.9 Å². The summed E-state index contributed by atoms with van der Waals surface area (Å²) in [6.07, 6.45) is 3.30. The summed E-state index contributed by atoms with van der Waals surface area (Å²) in [5.74, 6) is -1.45. The van der Waals surface area contributed by atoms with Gasteiger partial charge in [-0.05, 0) is 49.4 Å². The van der Waals surface area contributed by atoms with Crippen molar-refractivity contribution < 1.29 is 14.0 Å². The number of anilines is 2. The summed E-state index contributed by atoms with van der Waals surface area (Å²) in [7, 11) is 0. The van der Waals surface area contributed by atoms with Gasteiger partial charge in [-0.2, -0.15) is 5.10 Å². The molecule has 0 aliphatic carbocycles. The van der Waals surface area contributed by atoms with E-state index >= 15 is 0 Å². The van der Waals surface area contributed by atoms with E-state index < -0.39 is 17.8 Å². The van der Waals surface area contributed by atoms with Crippen molar-refractivity contribution in [3.8, 4) is 0 Å². The third kappa shape index (κ3) is 4.59. The molecule has 0 saturated heterocycles. The first kappa shape index (κ1) is 18.8. The van der Waals surface area contributed by atoms with Crippen LogP contribution in [0.25, 0.3) is 0 Å². The van der Waals surface area contributed by atoms with Gasteiger partial charge in [0.1, 0.15) is 11.9 Å². The molecule has 1 atom stereocenters. The summed E-state index contributed by atoms with van der Waals surface area (Å²) in [5, 5.41) is 9.44. The largest absolute Gasteiger partial charge is 0.324 e. The molecule has 0 saturated carbocycles. The molecule has 0 spiro atoms. The van der Waals surface area contributed by atoms with E-state index in [4.69, 9.17) is 0 Å². The Labute approximate surface area is 163 Å². The van der Waals surface area contributed by atoms with E-state index in [-0.39, 0.29) is 11.5 Å². The Morgan fingerprint density at radius 2 is 1.85 bits per heavy atom. The molecular weight excluding hydrogens is 415 g/mol. The zero-order valence-corrected chi connectivity index (χ0v) is 15.9. The number of hydrogen-bond donors (Lipinski definition) is 2. The van der Waals surface area contributed by atoms with Gasteiger partial charge in [-0.3, -0.25) is 14.3 Å². The lowest BCUT2D eigenvalue weighted by Gasteiger charge is -2.13. The molecular formula is C19H16BrFN4O2. The Morgan fingerprint density at radius 1 is 1.11 bits per heavy atom. The molecule has 138 valence electrons. The minimum Gasteiger partial charge on any atom is -0.324 e. The van der Waals surface area contributed by atoms with Crippen LogP contribution in [0.2, 0.25) is 0 Å². The van der Waals surface area contributed by atoms with Gasteiger partial charge in [0.15, 0.2) is 0 Å². The molecule has 8 heteroatoms. The Kier molecular flexibility index (Phi) is 5.66. The molecule has 2 aromatic carbocycles. The Bertz CT molecular complexity index is 976. The third-order valence-corrected chi connectivity index (χ3v) is 4.36. The van der Waals surface area contributed by atoms with Gasteiger partial charge in [-0.1, -0.05) is 22.0 Å². The zero-order chi connectivity index (χ0) is 19.4. The molecule has 6 nitrogen and oxygen atoms in total. The number of nitrogens with zero attached hydrogens (tertiary/aromatic N) is 2. The second kappa shape index (κ2) is 8.13. The van der Waals surface area contributed by atoms with Gasteiger partial charge in [0, 0.05) is 28.2 Å². The fourth-order valence-electron chi connectivity index (χ4n) is 2.42. The van der Waals surface area contributed by atoms with Crippen molar-refractivity contribution in [1.82, 2.24) is 9.78 Å². The summed E-state index contributed by atoms with van der Waals surface area (Å²) in [5.41, 5.74) is 0.863. The van der Waals surface area contributed by atoms with Gasteiger partial charge in [-0.15, -0.1) is 0 Å². The maximum absolute atomic E-state index is 13.9. The SMILES string of the molecule is C[C@H](C(=O)Nc1cccc(NC(=O)c2cc(Br)ccc2F)c1)n1cccn1. The van der Waals surface area contributed by atoms with Gasteiger partial charge in [-0.25, -0.2) is 4.39 Å². The molecule has 1 aromatic heterocycles. The lowest BCUT2D eigenvalue weighted by molar-refractivity contribution is -0.119. The molecule has 0 aliphatic rings. The summed E-state index contributed by atoms with van der Waals surface area (Å²) in [6.45, 7) is 1.73. The average molecular weight is 431 g/mol. The van der Waals surface area contributed by atoms with Crippen molar-refractivity contribution in [2.45, 2.75) is 13.0 Å². The highest BCUT2D eigenvalue weighted by atomic mass is 79.9. The van der Waals surface area contributed by atoms with Gasteiger partial charge < -0.3 is 10.6 Å². The molecule has 3 aromatic rings. The predicted molar refractivity (Wildman–Crippen MR) is 104 cm³/mol. The highest BCUT2D eigenvalue weighted by Gasteiger charge is 2.16. The molecule has 0 radical (unpaired) electrons. The highest BCUT2D eigenvalue weighted by Crippen LogP contribution is 2.20. The van der Waals surface area contributed by atoms with E-state index in [0.29, 0.717) is 15.8 Å². The van der Waals surface area contributed by atoms with E-state index in [1.807, 2.05) is 0 Å². The van der Waals surface area contributed by atoms with Crippen molar-refractivity contribution in [2.75, 3.05) is 10.6 Å². The number of carbonyl (C=O) groups is 2. The number of halogens is 2. The smallest absolute Gasteiger partial charge is 0.258 e. The maximum Gasteiger partial charge on any atom is 0.258 e. The first-order chi connectivity index (χ1) is 12.9. The molecule has 0 aliphatic heterocycles. The van der Waals surface area contributed by atoms with Gasteiger partial charge >= 0.3 is 0 Å². The van der Waals surface area contributed by atoms with Crippen LogP contribution in [-0.2, 0) is 4.79 Å². The standard InChI is InChI=1S/C19H16BrFN4O2/c1-12(25-9-3-8-22-25)18(26)23-14-4-2-5-15(11-14)24-19(27)16-10-13(20)6-7-17(16)21/h2-12H,1H3,(H,23,26)(H,24,27)/t12-/m1/s1. The average Bonchev–Trinajstić information content (AvgIpc) is 3.18. The lowest BCUT2D eigenvalue weighted by Crippen LogP contribution is -2.24. The van der Waals surface area contributed by atoms with Crippen molar-refractivity contribution in [3.05, 3.63) is 76.8 Å². The number of amides is 2. The number of aromatic nitrogens is 2. The van der Waals surface area contributed by atoms with Crippen molar-refractivity contribution in [3.63, 3.8) is 0 Å². The van der Waals surface area contributed by atoms with E-state index in [0.717, 1.165) is 0 Å². The van der Waals surface area contributed by atoms with Crippen LogP contribution in [0, 0.1) is 5.82 Å². The van der Waals surface area contributed by atoms with Crippen LogP contribution in [0.5, 0.6) is 0 Å². The second-order valence-electron chi connectivity index (χ2n) is 5.81. The lowest BCUT2D eigenvalue weighted by atomic mass is 10.2. The summed E-state index contributed by atoms with van der Waals surface area (Å²) >= 11 is 3.22. The topological polar surface area (TPSA) is 76.0 Å². The van der Waals surface area contributed by atoms with E-state index in [1.54, 1.807) is 49.6 Å². The quantitative estimate of drug-likeness (QED) is 0.635. The van der Waals surface area contributed by atoms with Gasteiger partial charge in [0.05, 0.1) is 5.56 Å². The number of rotatable bonds is 5. The van der Waals surface area contributed by atoms with Crippen LogP contribution in [0.15, 0.2) is 65.4 Å². The minimum absolute atomic E-state index is 0.0777. The maximum atomic E-state index is 13.9. The van der Waals surface area contributed by atoms with Crippen LogP contribution in [-0.4, -0.2) is 21.6 Å². The molecule has 2 N–H and O–H groups in total. The third-order valence-electron chi connectivity index (χ3n) is 3.86. The van der Waals surface area contributed by atoms with Gasteiger partial charge in [0.2, 0.25) is 5.91 Å². The van der Waals surface area contributed by atoms with Crippen LogP contribution in [0.3, 0.4) is 0 Å². The first-order valence-corrected chi connectivity index (χ1v) is 8.90. The van der Waals surface area contributed by atoms with E-state index in [1.165, 1.54) is 22.9 Å². The van der Waals surface area contributed by atoms with Crippen molar-refractivity contribution >= 4 is 39.1 Å². The highest BCUT2D eigenvalue weighted by molar-refractivity contribution is 9.10. The molecule has 0 bridgehead atoms. The minimum atomic E-state index is -0.617. The fraction of sp³-hybridized carbons (Fsp3) is 0.105. The number of carbonyl (C=O) groups excluding carboxylic acids is 2. The summed E-state index contributed by atoms with van der Waals surface area (Å²) < 4.78 is 16.0. The Morgan fingerprint density at radius 3 is 2.56 bits per heavy atom. The predicted octanol–water partition coefficient (Wildman–Crippen LogP) is 4.24. The van der Waals surface area contributed by atoms with E-state index in [2.05, 4.69) is 31.7 Å². The Hall–Kier alpha value is -3.00. The molecule has 2 amide bonds. The molecule has 0 unspecified atom stereocenters. The first-order valence-electron chi connectivity index (χ1n) is 8.10.